The molecule has 0 aromatic carbocycles. The third-order valence-electron chi connectivity index (χ3n) is 1.16. The van der Waals surface area contributed by atoms with Crippen molar-refractivity contribution in [3.05, 3.63) is 28.2 Å². The van der Waals surface area contributed by atoms with Crippen molar-refractivity contribution in [2.24, 2.45) is 0 Å². The molecule has 0 radical (unpaired) electrons. The van der Waals surface area contributed by atoms with Crippen LogP contribution >= 0.6 is 0 Å². The van der Waals surface area contributed by atoms with E-state index in [-0.39, 0.29) is 11.3 Å². The van der Waals surface area contributed by atoms with Crippen molar-refractivity contribution in [3.63, 3.8) is 0 Å². The first-order chi connectivity index (χ1) is 4.75. The molecule has 52 valence electrons. The van der Waals surface area contributed by atoms with Gasteiger partial charge in [0.2, 0.25) is 0 Å². The molecule has 0 fully saturated rings. The van der Waals surface area contributed by atoms with Gasteiger partial charge in [-0.2, -0.15) is 0 Å². The Morgan fingerprint density at radius 2 is 2.30 bits per heavy atom. The lowest BCUT2D eigenvalue weighted by Crippen LogP contribution is -2.12. The molecule has 1 aromatic rings. The smallest absolute Gasteiger partial charge is 0.271 e. The summed E-state index contributed by atoms with van der Waals surface area (Å²) in [6, 6.07) is 1.45. The van der Waals surface area contributed by atoms with Gasteiger partial charge in [-0.05, 0) is 6.07 Å². The quantitative estimate of drug-likeness (QED) is 0.526. The van der Waals surface area contributed by atoms with Gasteiger partial charge in [0, 0.05) is 11.8 Å². The molecule has 4 heteroatoms. The second kappa shape index (κ2) is 2.34. The molecule has 0 amide bonds. The summed E-state index contributed by atoms with van der Waals surface area (Å²) < 4.78 is 0. The highest BCUT2D eigenvalue weighted by atomic mass is 16.1. The summed E-state index contributed by atoms with van der Waals surface area (Å²) in [5.74, 6) is 0. The Morgan fingerprint density at radius 3 is 2.80 bits per heavy atom. The second-order valence-corrected chi connectivity index (χ2v) is 1.79. The van der Waals surface area contributed by atoms with Gasteiger partial charge < -0.3 is 10.7 Å². The molecule has 1 rings (SSSR count). The highest BCUT2D eigenvalue weighted by Gasteiger charge is 1.98. The van der Waals surface area contributed by atoms with Crippen molar-refractivity contribution in [1.29, 1.82) is 0 Å². The van der Waals surface area contributed by atoms with E-state index in [0.29, 0.717) is 6.29 Å². The van der Waals surface area contributed by atoms with Crippen LogP contribution < -0.4 is 11.3 Å². The third-order valence-corrected chi connectivity index (χ3v) is 1.16. The van der Waals surface area contributed by atoms with Crippen molar-refractivity contribution in [2.45, 2.75) is 0 Å². The average Bonchev–Trinajstić information content (AvgIpc) is 1.95. The molecule has 0 spiro atoms. The Hall–Kier alpha value is -1.58. The second-order valence-electron chi connectivity index (χ2n) is 1.79. The van der Waals surface area contributed by atoms with Crippen molar-refractivity contribution in [3.8, 4) is 0 Å². The largest absolute Gasteiger partial charge is 0.394 e. The van der Waals surface area contributed by atoms with E-state index >= 15 is 0 Å². The average molecular weight is 138 g/mol. The lowest BCUT2D eigenvalue weighted by atomic mass is 10.2. The molecule has 0 aliphatic heterocycles. The van der Waals surface area contributed by atoms with Gasteiger partial charge in [-0.3, -0.25) is 9.59 Å². The number of pyridine rings is 1. The molecule has 4 nitrogen and oxygen atoms in total. The molecule has 0 saturated heterocycles. The maximum Gasteiger partial charge on any atom is 0.271 e. The van der Waals surface area contributed by atoms with Crippen LogP contribution in [-0.2, 0) is 0 Å². The van der Waals surface area contributed by atoms with Crippen molar-refractivity contribution >= 4 is 12.0 Å². The first-order valence-corrected chi connectivity index (χ1v) is 2.68. The van der Waals surface area contributed by atoms with E-state index in [1.54, 1.807) is 0 Å². The Kier molecular flexibility index (Phi) is 1.53. The molecule has 0 aliphatic rings. The summed E-state index contributed by atoms with van der Waals surface area (Å²) in [4.78, 5) is 23.1. The SMILES string of the molecule is Nc1c(C=O)cc[nH]c1=O. The van der Waals surface area contributed by atoms with E-state index in [0.717, 1.165) is 0 Å². The molecule has 3 N–H and O–H groups in total. The molecular weight excluding hydrogens is 132 g/mol. The normalized spacial score (nSPS) is 9.20. The number of nitrogen functional groups attached to an aromatic ring is 1. The van der Waals surface area contributed by atoms with Crippen molar-refractivity contribution < 1.29 is 4.79 Å². The Bertz CT molecular complexity index is 303. The molecule has 0 unspecified atom stereocenters. The lowest BCUT2D eigenvalue weighted by molar-refractivity contribution is 0.112. The number of carbonyl (C=O) groups is 1. The van der Waals surface area contributed by atoms with E-state index in [1.807, 2.05) is 0 Å². The van der Waals surface area contributed by atoms with Crippen molar-refractivity contribution in [2.75, 3.05) is 5.73 Å². The monoisotopic (exact) mass is 138 g/mol. The Morgan fingerprint density at radius 1 is 1.60 bits per heavy atom. The number of hydrogen-bond donors (Lipinski definition) is 2. The number of aldehydes is 1. The number of nitrogens with two attached hydrogens (primary N) is 1. The van der Waals surface area contributed by atoms with Gasteiger partial charge in [-0.25, -0.2) is 0 Å². The van der Waals surface area contributed by atoms with Gasteiger partial charge in [0.05, 0.1) is 0 Å². The van der Waals surface area contributed by atoms with Gasteiger partial charge in [0.25, 0.3) is 5.56 Å². The third kappa shape index (κ3) is 0.907. The zero-order valence-electron chi connectivity index (χ0n) is 5.13. The molecule has 1 heterocycles. The maximum atomic E-state index is 10.7. The summed E-state index contributed by atoms with van der Waals surface area (Å²) in [7, 11) is 0. The first-order valence-electron chi connectivity index (χ1n) is 2.68. The predicted molar refractivity (Wildman–Crippen MR) is 36.9 cm³/mol. The van der Waals surface area contributed by atoms with E-state index in [2.05, 4.69) is 4.98 Å². The van der Waals surface area contributed by atoms with Crippen LogP contribution in [-0.4, -0.2) is 11.3 Å². The van der Waals surface area contributed by atoms with Crippen LogP contribution in [0.4, 0.5) is 5.69 Å². The zero-order valence-corrected chi connectivity index (χ0v) is 5.13. The minimum absolute atomic E-state index is 0.0301. The molecule has 10 heavy (non-hydrogen) atoms. The molecule has 0 saturated carbocycles. The van der Waals surface area contributed by atoms with E-state index < -0.39 is 5.56 Å². The van der Waals surface area contributed by atoms with Gasteiger partial charge in [0.1, 0.15) is 5.69 Å². The summed E-state index contributed by atoms with van der Waals surface area (Å²) in [5, 5.41) is 0. The number of carbonyl (C=O) groups excluding carboxylic acids is 1. The fraction of sp³-hybridized carbons (Fsp3) is 0. The number of rotatable bonds is 1. The van der Waals surface area contributed by atoms with Gasteiger partial charge >= 0.3 is 0 Å². The van der Waals surface area contributed by atoms with Crippen LogP contribution in [0.1, 0.15) is 10.4 Å². The fourth-order valence-corrected chi connectivity index (χ4v) is 0.609. The number of anilines is 1. The summed E-state index contributed by atoms with van der Waals surface area (Å²) >= 11 is 0. The number of aromatic amines is 1. The Balaban J connectivity index is 3.41. The number of hydrogen-bond acceptors (Lipinski definition) is 3. The van der Waals surface area contributed by atoms with E-state index in [1.165, 1.54) is 12.3 Å². The van der Waals surface area contributed by atoms with Crippen molar-refractivity contribution in [1.82, 2.24) is 4.98 Å². The van der Waals surface area contributed by atoms with Gasteiger partial charge in [-0.1, -0.05) is 0 Å². The highest BCUT2D eigenvalue weighted by Crippen LogP contribution is 1.97. The first kappa shape index (κ1) is 6.54. The highest BCUT2D eigenvalue weighted by molar-refractivity contribution is 5.82. The lowest BCUT2D eigenvalue weighted by Gasteiger charge is -1.92. The predicted octanol–water partition coefficient (Wildman–Crippen LogP) is -0.230. The minimum atomic E-state index is -0.426. The molecule has 0 aliphatic carbocycles. The summed E-state index contributed by atoms with van der Waals surface area (Å²) in [6.45, 7) is 0. The maximum absolute atomic E-state index is 10.7. The van der Waals surface area contributed by atoms with Gasteiger partial charge in [-0.15, -0.1) is 0 Å². The zero-order chi connectivity index (χ0) is 7.56. The number of nitrogens with one attached hydrogen (secondary N) is 1. The summed E-state index contributed by atoms with van der Waals surface area (Å²) in [5.41, 5.74) is 4.99. The Labute approximate surface area is 56.7 Å². The fourth-order valence-electron chi connectivity index (χ4n) is 0.609. The number of H-pyrrole nitrogens is 1. The van der Waals surface area contributed by atoms with Crippen LogP contribution in [0.5, 0.6) is 0 Å². The number of aromatic nitrogens is 1. The molecule has 1 aromatic heterocycles. The van der Waals surface area contributed by atoms with Crippen LogP contribution in [0, 0.1) is 0 Å². The van der Waals surface area contributed by atoms with Crippen LogP contribution in [0.3, 0.4) is 0 Å². The molecular formula is C6H6N2O2. The van der Waals surface area contributed by atoms with Crippen LogP contribution in [0.15, 0.2) is 17.1 Å². The van der Waals surface area contributed by atoms with Crippen LogP contribution in [0.25, 0.3) is 0 Å². The van der Waals surface area contributed by atoms with E-state index in [4.69, 9.17) is 5.73 Å². The minimum Gasteiger partial charge on any atom is -0.394 e. The van der Waals surface area contributed by atoms with Crippen LogP contribution in [0.2, 0.25) is 0 Å². The molecule has 0 atom stereocenters. The van der Waals surface area contributed by atoms with E-state index in [9.17, 15) is 9.59 Å². The summed E-state index contributed by atoms with van der Waals surface area (Å²) in [6.07, 6.45) is 1.92. The molecule has 0 bridgehead atoms. The van der Waals surface area contributed by atoms with Gasteiger partial charge in [0.15, 0.2) is 6.29 Å². The topological polar surface area (TPSA) is 76.0 Å². The standard InChI is InChI=1S/C6H6N2O2/c7-5-4(3-9)1-2-8-6(5)10/h1-3H,7H2,(H,8,10).